The number of hydrogen-bond acceptors (Lipinski definition) is 9. The van der Waals surface area contributed by atoms with E-state index in [1.165, 1.54) is 25.7 Å². The van der Waals surface area contributed by atoms with E-state index < -0.39 is 11.6 Å². The van der Waals surface area contributed by atoms with Crippen LogP contribution in [-0.4, -0.2) is 51.1 Å². The molecule has 0 aromatic carbocycles. The van der Waals surface area contributed by atoms with E-state index in [9.17, 15) is 18.4 Å². The highest BCUT2D eigenvalue weighted by Gasteiger charge is 2.48. The van der Waals surface area contributed by atoms with E-state index >= 15 is 0 Å². The summed E-state index contributed by atoms with van der Waals surface area (Å²) >= 11 is 16.2. The summed E-state index contributed by atoms with van der Waals surface area (Å²) in [7, 11) is 0. The molecule has 6 aliphatic carbocycles. The molecule has 0 radical (unpaired) electrons. The molecule has 8 rings (SSSR count). The Morgan fingerprint density at radius 3 is 1.72 bits per heavy atom. The molecule has 4 atom stereocenters. The molecule has 46 heavy (non-hydrogen) atoms. The van der Waals surface area contributed by atoms with Crippen LogP contribution in [0.15, 0.2) is 12.4 Å². The van der Waals surface area contributed by atoms with Crippen molar-refractivity contribution in [2.45, 2.75) is 77.7 Å². The monoisotopic (exact) mass is 725 g/mol. The van der Waals surface area contributed by atoms with Crippen LogP contribution < -0.4 is 5.73 Å². The van der Waals surface area contributed by atoms with E-state index in [-0.39, 0.29) is 63.9 Å². The van der Waals surface area contributed by atoms with Gasteiger partial charge in [-0.15, -0.1) is 12.4 Å². The van der Waals surface area contributed by atoms with Gasteiger partial charge in [-0.1, -0.05) is 11.6 Å². The van der Waals surface area contributed by atoms with Crippen molar-refractivity contribution in [2.75, 3.05) is 13.2 Å². The minimum atomic E-state index is -0.666. The Labute approximate surface area is 289 Å². The average molecular weight is 728 g/mol. The van der Waals surface area contributed by atoms with E-state index in [0.717, 1.165) is 38.1 Å². The summed E-state index contributed by atoms with van der Waals surface area (Å²) in [4.78, 5) is 38.4. The summed E-state index contributed by atoms with van der Waals surface area (Å²) in [5.74, 6) is 0.479. The highest BCUT2D eigenvalue weighted by Crippen LogP contribution is 2.50. The first-order valence-corrected chi connectivity index (χ1v) is 16.8. The second-order valence-corrected chi connectivity index (χ2v) is 13.1. The van der Waals surface area contributed by atoms with Crippen LogP contribution in [0.1, 0.15) is 70.9 Å². The van der Waals surface area contributed by atoms with Gasteiger partial charge in [0.25, 0.3) is 0 Å². The fraction of sp³-hybridized carbons (Fsp3) is 0.677. The van der Waals surface area contributed by atoms with Crippen LogP contribution in [0, 0.1) is 53.1 Å². The van der Waals surface area contributed by atoms with Crippen molar-refractivity contribution in [2.24, 2.45) is 47.2 Å². The number of halogens is 6. The third-order valence-electron chi connectivity index (χ3n) is 9.68. The number of carbonyl (C=O) groups excluding carboxylic acids is 2. The first kappa shape index (κ1) is 38.5. The first-order chi connectivity index (χ1) is 21.5. The highest BCUT2D eigenvalue weighted by atomic mass is 35.5. The number of rotatable bonds is 6. The zero-order chi connectivity index (χ0) is 32.7. The number of fused-ring (bicyclic) bond motifs is 6. The third kappa shape index (κ3) is 9.58. The van der Waals surface area contributed by atoms with Gasteiger partial charge in [-0.25, -0.2) is 28.7 Å². The predicted molar refractivity (Wildman–Crippen MR) is 173 cm³/mol. The Bertz CT molecular complexity index is 1310. The maximum atomic E-state index is 13.9. The average Bonchev–Trinajstić information content (AvgIpc) is 3.03. The Hall–Kier alpha value is -1.92. The lowest BCUT2D eigenvalue weighted by Gasteiger charge is -2.47. The molecule has 9 nitrogen and oxygen atoms in total. The van der Waals surface area contributed by atoms with Crippen molar-refractivity contribution in [3.8, 4) is 0 Å². The summed E-state index contributed by atoms with van der Waals surface area (Å²) in [6.07, 6.45) is 11.5. The van der Waals surface area contributed by atoms with Crippen LogP contribution in [-0.2, 0) is 25.5 Å². The molecule has 6 aliphatic rings. The molecule has 6 fully saturated rings. The fourth-order valence-corrected chi connectivity index (χ4v) is 8.09. The Morgan fingerprint density at radius 2 is 1.22 bits per heavy atom. The first-order valence-electron chi connectivity index (χ1n) is 15.6. The van der Waals surface area contributed by atoms with Gasteiger partial charge in [-0.2, -0.15) is 0 Å². The third-order valence-corrected chi connectivity index (χ3v) is 10.3. The molecular formula is C31H41Cl4F2N5O4. The lowest BCUT2D eigenvalue weighted by Crippen LogP contribution is -2.52. The Kier molecular flexibility index (Phi) is 15.1. The van der Waals surface area contributed by atoms with Crippen molar-refractivity contribution in [3.63, 3.8) is 0 Å². The number of aromatic nitrogens is 4. The Balaban J connectivity index is 0.000000205. The van der Waals surface area contributed by atoms with Crippen molar-refractivity contribution in [3.05, 3.63) is 45.4 Å². The smallest absolute Gasteiger partial charge is 0.310 e. The van der Waals surface area contributed by atoms with Gasteiger partial charge in [-0.05, 0) is 124 Å². The number of esters is 2. The molecule has 0 aliphatic heterocycles. The van der Waals surface area contributed by atoms with Gasteiger partial charge in [-0.3, -0.25) is 9.59 Å². The molecule has 2 heterocycles. The van der Waals surface area contributed by atoms with Gasteiger partial charge >= 0.3 is 11.9 Å². The SMILES string of the molecule is CCOC(=O)[C@H]1C2CCC(CC2)[C@@H]1Cc1nc(Cl)ncc1F.CCOC(=O)[C@H]1C2CCC(CC2)[C@@H]1N.Cl.Fc1cnc(Cl)nc1Cl. The van der Waals surface area contributed by atoms with E-state index in [4.69, 9.17) is 50.0 Å². The molecule has 15 heteroatoms. The van der Waals surface area contributed by atoms with E-state index in [2.05, 4.69) is 19.9 Å². The topological polar surface area (TPSA) is 130 Å². The van der Waals surface area contributed by atoms with Gasteiger partial charge in [0.1, 0.15) is 0 Å². The number of nitrogens with two attached hydrogens (primary N) is 1. The minimum Gasteiger partial charge on any atom is -0.466 e. The van der Waals surface area contributed by atoms with Crippen molar-refractivity contribution >= 4 is 59.1 Å². The van der Waals surface area contributed by atoms with Crippen LogP contribution in [0.3, 0.4) is 0 Å². The molecule has 0 amide bonds. The summed E-state index contributed by atoms with van der Waals surface area (Å²) in [6, 6.07) is 0.0570. The van der Waals surface area contributed by atoms with Crippen molar-refractivity contribution in [1.82, 2.24) is 19.9 Å². The lowest BCUT2D eigenvalue weighted by atomic mass is 9.57. The molecule has 2 aromatic rings. The molecule has 4 bridgehead atoms. The Morgan fingerprint density at radius 1 is 0.761 bits per heavy atom. The zero-order valence-corrected chi connectivity index (χ0v) is 28.9. The van der Waals surface area contributed by atoms with Crippen molar-refractivity contribution in [1.29, 1.82) is 0 Å². The highest BCUT2D eigenvalue weighted by molar-refractivity contribution is 6.31. The molecule has 2 aromatic heterocycles. The molecule has 0 spiro atoms. The van der Waals surface area contributed by atoms with Crippen LogP contribution in [0.4, 0.5) is 8.78 Å². The van der Waals surface area contributed by atoms with Gasteiger partial charge < -0.3 is 15.2 Å². The minimum absolute atomic E-state index is 0. The van der Waals surface area contributed by atoms with Gasteiger partial charge in [0.05, 0.1) is 43.1 Å². The van der Waals surface area contributed by atoms with Crippen LogP contribution in [0.2, 0.25) is 15.7 Å². The molecule has 0 saturated heterocycles. The van der Waals surface area contributed by atoms with Gasteiger partial charge in [0.15, 0.2) is 16.8 Å². The quantitative estimate of drug-likeness (QED) is 0.189. The molecule has 0 unspecified atom stereocenters. The van der Waals surface area contributed by atoms with Crippen LogP contribution in [0.25, 0.3) is 0 Å². The number of hydrogen-bond donors (Lipinski definition) is 1. The number of nitrogens with zero attached hydrogens (tertiary/aromatic N) is 4. The molecule has 6 saturated carbocycles. The summed E-state index contributed by atoms with van der Waals surface area (Å²) < 4.78 is 36.5. The van der Waals surface area contributed by atoms with E-state index in [1.54, 1.807) is 0 Å². The second kappa shape index (κ2) is 18.0. The molecular weight excluding hydrogens is 686 g/mol. The summed E-state index contributed by atoms with van der Waals surface area (Å²) in [6.45, 7) is 4.52. The largest absolute Gasteiger partial charge is 0.466 e. The standard InChI is InChI=1S/C16H20ClFN2O2.C11H19NO2.C4HCl2FN2.ClH/c1-2-22-15(21)14-10-5-3-9(4-6-10)11(14)7-13-12(18)8-19-16(17)20-13;1-2-14-11(13)9-7-3-5-8(6-4-7)10(9)12;5-3-2(7)1-8-4(6)9-3;/h8-11,14H,2-7H2,1H3;7-10H,2-6,12H2,1H3;1H;1H/t9?,10?,11-,14-;7?,8?,9-,10-;;/m00../s1. The van der Waals surface area contributed by atoms with Crippen LogP contribution in [0.5, 0.6) is 0 Å². The molecule has 2 N–H and O–H groups in total. The predicted octanol–water partition coefficient (Wildman–Crippen LogP) is 7.08. The summed E-state index contributed by atoms with van der Waals surface area (Å²) in [5, 5.41) is -0.263. The maximum Gasteiger partial charge on any atom is 0.310 e. The number of carbonyl (C=O) groups is 2. The molecule has 256 valence electrons. The maximum absolute atomic E-state index is 13.9. The zero-order valence-electron chi connectivity index (χ0n) is 25.8. The van der Waals surface area contributed by atoms with Crippen molar-refractivity contribution < 1.29 is 27.8 Å². The van der Waals surface area contributed by atoms with Crippen LogP contribution >= 0.6 is 47.2 Å². The number of ether oxygens (including phenoxy) is 2. The second-order valence-electron chi connectivity index (χ2n) is 12.1. The van der Waals surface area contributed by atoms with Gasteiger partial charge in [0.2, 0.25) is 10.6 Å². The summed E-state index contributed by atoms with van der Waals surface area (Å²) in [5.41, 5.74) is 6.41. The normalized spacial score (nSPS) is 28.9. The lowest BCUT2D eigenvalue weighted by molar-refractivity contribution is -0.158. The fourth-order valence-electron chi connectivity index (χ4n) is 7.63. The van der Waals surface area contributed by atoms with E-state index in [1.807, 2.05) is 13.8 Å². The van der Waals surface area contributed by atoms with E-state index in [0.29, 0.717) is 49.0 Å². The van der Waals surface area contributed by atoms with Gasteiger partial charge in [0, 0.05) is 6.04 Å².